The molecule has 0 saturated carbocycles. The highest BCUT2D eigenvalue weighted by molar-refractivity contribution is 7.13. The van der Waals surface area contributed by atoms with Crippen molar-refractivity contribution in [2.24, 2.45) is 0 Å². The Morgan fingerprint density at radius 1 is 1.31 bits per heavy atom. The van der Waals surface area contributed by atoms with Gasteiger partial charge in [-0.25, -0.2) is 0 Å². The lowest BCUT2D eigenvalue weighted by atomic mass is 10.1. The average Bonchev–Trinajstić information content (AvgIpc) is 2.58. The molecular weight excluding hydrogens is 221 g/mol. The Kier molecular flexibility index (Phi) is 4.88. The molecule has 0 aromatic heterocycles. The molecular formula is C12H20NO2P. The average molecular weight is 241 g/mol. The van der Waals surface area contributed by atoms with Gasteiger partial charge in [-0.15, -0.1) is 0 Å². The highest BCUT2D eigenvalue weighted by Crippen LogP contribution is 2.37. The first kappa shape index (κ1) is 13.6. The van der Waals surface area contributed by atoms with Gasteiger partial charge in [0.05, 0.1) is 6.10 Å². The number of ether oxygens (including phenoxy) is 1. The summed E-state index contributed by atoms with van der Waals surface area (Å²) in [4.78, 5) is 0. The van der Waals surface area contributed by atoms with E-state index < -0.39 is 0 Å². The molecule has 0 amide bonds. The summed E-state index contributed by atoms with van der Waals surface area (Å²) >= 11 is 0. The molecule has 1 aromatic rings. The smallest absolute Gasteiger partial charge is 0.119 e. The predicted molar refractivity (Wildman–Crippen MR) is 68.9 cm³/mol. The van der Waals surface area contributed by atoms with Gasteiger partial charge >= 0.3 is 0 Å². The lowest BCUT2D eigenvalue weighted by Gasteiger charge is -2.25. The molecule has 1 N–H and O–H groups in total. The zero-order chi connectivity index (χ0) is 12.2. The zero-order valence-corrected chi connectivity index (χ0v) is 11.2. The van der Waals surface area contributed by atoms with Crippen LogP contribution in [0.25, 0.3) is 0 Å². The van der Waals surface area contributed by atoms with Crippen LogP contribution in [0.2, 0.25) is 0 Å². The van der Waals surface area contributed by atoms with Crippen molar-refractivity contribution in [2.75, 3.05) is 13.7 Å². The van der Waals surface area contributed by atoms with Gasteiger partial charge in [0.2, 0.25) is 0 Å². The Bertz CT molecular complexity index is 316. The van der Waals surface area contributed by atoms with Crippen LogP contribution in [0.4, 0.5) is 0 Å². The van der Waals surface area contributed by atoms with Crippen molar-refractivity contribution in [3.05, 3.63) is 35.9 Å². The summed E-state index contributed by atoms with van der Waals surface area (Å²) in [6.07, 6.45) is 0.198. The van der Waals surface area contributed by atoms with E-state index in [2.05, 4.69) is 52.2 Å². The van der Waals surface area contributed by atoms with Crippen molar-refractivity contribution in [1.29, 1.82) is 0 Å². The number of hydrogen-bond donors (Lipinski definition) is 1. The van der Waals surface area contributed by atoms with E-state index in [0.29, 0.717) is 0 Å². The van der Waals surface area contributed by atoms with Gasteiger partial charge in [-0.05, 0) is 19.4 Å². The normalized spacial score (nSPS) is 23.7. The molecule has 4 heteroatoms. The van der Waals surface area contributed by atoms with Crippen LogP contribution in [0.5, 0.6) is 0 Å². The van der Waals surface area contributed by atoms with E-state index in [9.17, 15) is 0 Å². The molecule has 0 aliphatic carbocycles. The number of benzene rings is 1. The highest BCUT2D eigenvalue weighted by Gasteiger charge is 2.37. The predicted octanol–water partition coefficient (Wildman–Crippen LogP) is 2.19. The fraction of sp³-hybridized carbons (Fsp3) is 0.500. The molecule has 1 aliphatic heterocycles. The summed E-state index contributed by atoms with van der Waals surface area (Å²) in [6.45, 7) is 5.10. The molecule has 0 radical (unpaired) electrons. The van der Waals surface area contributed by atoms with Crippen LogP contribution >= 0.6 is 9.39 Å². The first-order valence-corrected chi connectivity index (χ1v) is 5.81. The summed E-state index contributed by atoms with van der Waals surface area (Å²) in [6, 6.07) is 10.4. The Hall–Kier alpha value is -0.470. The first-order chi connectivity index (χ1) is 7.59. The number of aliphatic hydroxyl groups is 1. The molecule has 16 heavy (non-hydrogen) atoms. The van der Waals surface area contributed by atoms with Gasteiger partial charge < -0.3 is 9.84 Å². The lowest BCUT2D eigenvalue weighted by molar-refractivity contribution is -0.0486. The topological polar surface area (TPSA) is 32.7 Å². The van der Waals surface area contributed by atoms with E-state index >= 15 is 0 Å². The van der Waals surface area contributed by atoms with Gasteiger partial charge in [-0.1, -0.05) is 39.7 Å². The van der Waals surface area contributed by atoms with Crippen molar-refractivity contribution in [3.63, 3.8) is 0 Å². The van der Waals surface area contributed by atoms with Crippen molar-refractivity contribution in [3.8, 4) is 0 Å². The monoisotopic (exact) mass is 241 g/mol. The molecule has 2 atom stereocenters. The van der Waals surface area contributed by atoms with Crippen LogP contribution in [-0.4, -0.2) is 29.2 Å². The zero-order valence-electron chi connectivity index (χ0n) is 10.1. The van der Waals surface area contributed by atoms with Gasteiger partial charge in [0.25, 0.3) is 0 Å². The Morgan fingerprint density at radius 2 is 1.88 bits per heavy atom. The lowest BCUT2D eigenvalue weighted by Crippen LogP contribution is -2.31. The second kappa shape index (κ2) is 5.74. The maximum absolute atomic E-state index is 7.00. The second-order valence-corrected chi connectivity index (χ2v) is 4.74. The van der Waals surface area contributed by atoms with Gasteiger partial charge in [-0.3, -0.25) is 4.67 Å². The second-order valence-electron chi connectivity index (χ2n) is 4.12. The van der Waals surface area contributed by atoms with Crippen molar-refractivity contribution >= 4 is 9.39 Å². The molecule has 1 aliphatic rings. The van der Waals surface area contributed by atoms with Crippen LogP contribution < -0.4 is 0 Å². The van der Waals surface area contributed by atoms with Crippen LogP contribution in [0, 0.1) is 0 Å². The van der Waals surface area contributed by atoms with Gasteiger partial charge in [-0.2, -0.15) is 0 Å². The summed E-state index contributed by atoms with van der Waals surface area (Å²) in [5.41, 5.74) is 1.08. The number of rotatable bonds is 1. The van der Waals surface area contributed by atoms with Gasteiger partial charge in [0.15, 0.2) is 0 Å². The molecule has 1 saturated heterocycles. The van der Waals surface area contributed by atoms with Crippen molar-refractivity contribution in [2.45, 2.75) is 25.7 Å². The third-order valence-corrected chi connectivity index (χ3v) is 3.49. The Balaban J connectivity index is 0.000000606. The summed E-state index contributed by atoms with van der Waals surface area (Å²) in [7, 11) is 3.72. The fourth-order valence-electron chi connectivity index (χ4n) is 1.69. The van der Waals surface area contributed by atoms with Gasteiger partial charge in [0, 0.05) is 13.7 Å². The van der Waals surface area contributed by atoms with Crippen LogP contribution in [0.15, 0.2) is 30.3 Å². The largest absolute Gasteiger partial charge is 0.400 e. The number of aliphatic hydroxyl groups excluding tert-OH is 1. The molecule has 90 valence electrons. The molecule has 3 nitrogen and oxygen atoms in total. The quantitative estimate of drug-likeness (QED) is 0.765. The molecule has 0 spiro atoms. The third kappa shape index (κ3) is 3.02. The third-order valence-electron chi connectivity index (χ3n) is 2.66. The number of hydrogen-bond acceptors (Lipinski definition) is 3. The van der Waals surface area contributed by atoms with Crippen LogP contribution in [0.1, 0.15) is 25.5 Å². The van der Waals surface area contributed by atoms with Crippen molar-refractivity contribution < 1.29 is 9.84 Å². The Morgan fingerprint density at radius 3 is 2.31 bits per heavy atom. The SMILES string of the molecule is CC1(C)OC(c2ccccc2)CN1P.CO. The van der Waals surface area contributed by atoms with E-state index in [1.807, 2.05) is 6.07 Å². The standard InChI is InChI=1S/C11H16NOP.CH4O/c1-11(2)12(14)8-10(13-11)9-6-4-3-5-7-9;1-2/h3-7,10H,8,14H2,1-2H3;2H,1H3. The molecule has 1 heterocycles. The van der Waals surface area contributed by atoms with E-state index in [0.717, 1.165) is 13.7 Å². The molecule has 2 unspecified atom stereocenters. The summed E-state index contributed by atoms with van der Waals surface area (Å²) in [5, 5.41) is 7.00. The summed E-state index contributed by atoms with van der Waals surface area (Å²) in [5.74, 6) is 0. The van der Waals surface area contributed by atoms with Crippen LogP contribution in [-0.2, 0) is 4.74 Å². The maximum Gasteiger partial charge on any atom is 0.119 e. The highest BCUT2D eigenvalue weighted by atomic mass is 31.0. The Labute approximate surface area is 99.7 Å². The van der Waals surface area contributed by atoms with E-state index in [-0.39, 0.29) is 11.8 Å². The minimum absolute atomic E-state index is 0.175. The molecule has 1 fully saturated rings. The molecule has 2 rings (SSSR count). The van der Waals surface area contributed by atoms with Crippen LogP contribution in [0.3, 0.4) is 0 Å². The first-order valence-electron chi connectivity index (χ1n) is 5.29. The maximum atomic E-state index is 7.00. The van der Waals surface area contributed by atoms with E-state index in [1.165, 1.54) is 5.56 Å². The van der Waals surface area contributed by atoms with Gasteiger partial charge in [0.1, 0.15) is 5.72 Å². The molecule has 1 aromatic carbocycles. The molecule has 0 bridgehead atoms. The minimum atomic E-state index is -0.175. The van der Waals surface area contributed by atoms with Crippen molar-refractivity contribution in [1.82, 2.24) is 4.67 Å². The van der Waals surface area contributed by atoms with E-state index in [4.69, 9.17) is 9.84 Å². The fourth-order valence-corrected chi connectivity index (χ4v) is 1.95. The number of nitrogens with zero attached hydrogens (tertiary/aromatic N) is 1. The minimum Gasteiger partial charge on any atom is -0.400 e. The summed E-state index contributed by atoms with van der Waals surface area (Å²) < 4.78 is 8.11. The van der Waals surface area contributed by atoms with E-state index in [1.54, 1.807) is 0 Å².